The molecule has 0 fully saturated rings. The summed E-state index contributed by atoms with van der Waals surface area (Å²) in [6.45, 7) is -3.03. The van der Waals surface area contributed by atoms with Gasteiger partial charge in [-0.1, -0.05) is 11.6 Å². The SMILES string of the molecule is CNc1nc(Nc2cc(OC(F)F)ccc2Cl)ncc1C(F)(F)F. The second kappa shape index (κ2) is 7.04. The Labute approximate surface area is 137 Å². The fourth-order valence-corrected chi connectivity index (χ4v) is 1.90. The summed E-state index contributed by atoms with van der Waals surface area (Å²) in [5.74, 6) is -0.836. The second-order valence-corrected chi connectivity index (χ2v) is 4.76. The molecule has 0 bridgehead atoms. The molecule has 0 aliphatic heterocycles. The van der Waals surface area contributed by atoms with Crippen LogP contribution in [0.3, 0.4) is 0 Å². The van der Waals surface area contributed by atoms with Gasteiger partial charge in [0.05, 0.1) is 10.7 Å². The minimum Gasteiger partial charge on any atom is -0.435 e. The van der Waals surface area contributed by atoms with Crippen molar-refractivity contribution in [2.75, 3.05) is 17.7 Å². The van der Waals surface area contributed by atoms with Crippen LogP contribution in [-0.4, -0.2) is 23.6 Å². The summed E-state index contributed by atoms with van der Waals surface area (Å²) in [5.41, 5.74) is -0.951. The molecule has 2 aromatic rings. The van der Waals surface area contributed by atoms with E-state index in [1.165, 1.54) is 19.2 Å². The lowest BCUT2D eigenvalue weighted by molar-refractivity contribution is -0.137. The quantitative estimate of drug-likeness (QED) is 0.759. The van der Waals surface area contributed by atoms with E-state index in [2.05, 4.69) is 25.3 Å². The number of alkyl halides is 5. The monoisotopic (exact) mass is 368 g/mol. The highest BCUT2D eigenvalue weighted by molar-refractivity contribution is 6.33. The molecule has 0 aliphatic rings. The van der Waals surface area contributed by atoms with Crippen molar-refractivity contribution in [3.63, 3.8) is 0 Å². The molecule has 1 aromatic carbocycles. The molecule has 0 atom stereocenters. The second-order valence-electron chi connectivity index (χ2n) is 4.35. The zero-order valence-corrected chi connectivity index (χ0v) is 12.7. The number of rotatable bonds is 5. The topological polar surface area (TPSA) is 59.1 Å². The van der Waals surface area contributed by atoms with Crippen LogP contribution in [0, 0.1) is 0 Å². The van der Waals surface area contributed by atoms with Crippen LogP contribution in [0.15, 0.2) is 24.4 Å². The molecule has 130 valence electrons. The van der Waals surface area contributed by atoms with Gasteiger partial charge >= 0.3 is 12.8 Å². The van der Waals surface area contributed by atoms with Crippen molar-refractivity contribution < 1.29 is 26.7 Å². The summed E-state index contributed by atoms with van der Waals surface area (Å²) in [6.07, 6.45) is -4.03. The molecule has 0 saturated heterocycles. The smallest absolute Gasteiger partial charge is 0.421 e. The Morgan fingerprint density at radius 2 is 1.96 bits per heavy atom. The summed E-state index contributed by atoms with van der Waals surface area (Å²) in [7, 11) is 1.27. The largest absolute Gasteiger partial charge is 0.435 e. The van der Waals surface area contributed by atoms with Crippen molar-refractivity contribution in [2.45, 2.75) is 12.8 Å². The first-order valence-electron chi connectivity index (χ1n) is 6.34. The van der Waals surface area contributed by atoms with Gasteiger partial charge in [-0.05, 0) is 12.1 Å². The molecule has 0 saturated carbocycles. The van der Waals surface area contributed by atoms with E-state index < -0.39 is 24.2 Å². The Hall–Kier alpha value is -2.36. The molecule has 11 heteroatoms. The van der Waals surface area contributed by atoms with Gasteiger partial charge in [0.1, 0.15) is 17.1 Å². The first kappa shape index (κ1) is 18.0. The van der Waals surface area contributed by atoms with Gasteiger partial charge in [-0.25, -0.2) is 4.98 Å². The van der Waals surface area contributed by atoms with Crippen LogP contribution >= 0.6 is 11.6 Å². The number of ether oxygens (including phenoxy) is 1. The zero-order chi connectivity index (χ0) is 17.9. The van der Waals surface area contributed by atoms with E-state index >= 15 is 0 Å². The molecule has 1 aromatic heterocycles. The molecule has 0 amide bonds. The van der Waals surface area contributed by atoms with Gasteiger partial charge in [0, 0.05) is 19.3 Å². The summed E-state index contributed by atoms with van der Waals surface area (Å²) in [6, 6.07) is 3.64. The van der Waals surface area contributed by atoms with Gasteiger partial charge in [0.25, 0.3) is 0 Å². The van der Waals surface area contributed by atoms with E-state index in [0.29, 0.717) is 6.20 Å². The lowest BCUT2D eigenvalue weighted by Crippen LogP contribution is -2.12. The molecule has 0 aliphatic carbocycles. The van der Waals surface area contributed by atoms with Crippen molar-refractivity contribution in [3.05, 3.63) is 35.0 Å². The minimum atomic E-state index is -4.63. The van der Waals surface area contributed by atoms with Gasteiger partial charge in [-0.15, -0.1) is 0 Å². The fraction of sp³-hybridized carbons (Fsp3) is 0.231. The van der Waals surface area contributed by atoms with Crippen LogP contribution in [0.2, 0.25) is 5.02 Å². The molecule has 0 spiro atoms. The van der Waals surface area contributed by atoms with Gasteiger partial charge in [0.15, 0.2) is 0 Å². The summed E-state index contributed by atoms with van der Waals surface area (Å²) >= 11 is 5.90. The number of benzene rings is 1. The molecule has 0 unspecified atom stereocenters. The van der Waals surface area contributed by atoms with Crippen LogP contribution in [0.25, 0.3) is 0 Å². The van der Waals surface area contributed by atoms with E-state index in [4.69, 9.17) is 11.6 Å². The maximum Gasteiger partial charge on any atom is 0.421 e. The average Bonchev–Trinajstić information content (AvgIpc) is 2.49. The maximum atomic E-state index is 12.8. The molecule has 5 nitrogen and oxygen atoms in total. The molecule has 1 heterocycles. The Morgan fingerprint density at radius 1 is 1.25 bits per heavy atom. The van der Waals surface area contributed by atoms with Crippen LogP contribution in [0.4, 0.5) is 39.4 Å². The van der Waals surface area contributed by atoms with E-state index in [1.54, 1.807) is 0 Å². The van der Waals surface area contributed by atoms with Crippen molar-refractivity contribution in [1.29, 1.82) is 0 Å². The third kappa shape index (κ3) is 4.34. The summed E-state index contributed by atoms with van der Waals surface area (Å²) in [4.78, 5) is 7.23. The van der Waals surface area contributed by atoms with E-state index in [-0.39, 0.29) is 22.4 Å². The highest BCUT2D eigenvalue weighted by Gasteiger charge is 2.35. The van der Waals surface area contributed by atoms with Crippen molar-refractivity contribution in [3.8, 4) is 5.75 Å². The van der Waals surface area contributed by atoms with Gasteiger partial charge in [-0.3, -0.25) is 0 Å². The number of nitrogens with zero attached hydrogens (tertiary/aromatic N) is 2. The summed E-state index contributed by atoms with van der Waals surface area (Å²) < 4.78 is 67.0. The Bertz CT molecular complexity index is 726. The third-order valence-corrected chi connectivity index (χ3v) is 3.07. The molecule has 2 rings (SSSR count). The van der Waals surface area contributed by atoms with E-state index in [9.17, 15) is 22.0 Å². The Kier molecular flexibility index (Phi) is 5.27. The number of aromatic nitrogens is 2. The zero-order valence-electron chi connectivity index (χ0n) is 12.0. The molecular weight excluding hydrogens is 359 g/mol. The first-order chi connectivity index (χ1) is 11.2. The lowest BCUT2D eigenvalue weighted by Gasteiger charge is -2.14. The molecular formula is C13H10ClF5N4O. The first-order valence-corrected chi connectivity index (χ1v) is 6.72. The van der Waals surface area contributed by atoms with Crippen molar-refractivity contribution in [1.82, 2.24) is 9.97 Å². The number of hydrogen-bond acceptors (Lipinski definition) is 5. The number of hydrogen-bond donors (Lipinski definition) is 2. The molecule has 0 radical (unpaired) electrons. The van der Waals surface area contributed by atoms with Gasteiger partial charge in [0.2, 0.25) is 5.95 Å². The van der Waals surface area contributed by atoms with Crippen LogP contribution < -0.4 is 15.4 Å². The van der Waals surface area contributed by atoms with Crippen molar-refractivity contribution in [2.24, 2.45) is 0 Å². The van der Waals surface area contributed by atoms with E-state index in [1.807, 2.05) is 0 Å². The Morgan fingerprint density at radius 3 is 2.54 bits per heavy atom. The standard InChI is InChI=1S/C13H10ClF5N4O/c1-20-10-7(13(17,18)19)5-21-12(23-10)22-9-4-6(24-11(15)16)2-3-8(9)14/h2-5,11H,1H3,(H2,20,21,22,23). The van der Waals surface area contributed by atoms with Gasteiger partial charge < -0.3 is 15.4 Å². The fourth-order valence-electron chi connectivity index (χ4n) is 1.74. The Balaban J connectivity index is 2.31. The number of anilines is 3. The minimum absolute atomic E-state index is 0.0941. The van der Waals surface area contributed by atoms with Crippen LogP contribution in [0.5, 0.6) is 5.75 Å². The van der Waals surface area contributed by atoms with Gasteiger partial charge in [-0.2, -0.15) is 26.9 Å². The maximum absolute atomic E-state index is 12.8. The highest BCUT2D eigenvalue weighted by atomic mass is 35.5. The van der Waals surface area contributed by atoms with Crippen molar-refractivity contribution >= 4 is 29.1 Å². The van der Waals surface area contributed by atoms with E-state index in [0.717, 1.165) is 6.07 Å². The number of nitrogens with one attached hydrogen (secondary N) is 2. The lowest BCUT2D eigenvalue weighted by atomic mass is 10.3. The number of halogens is 6. The van der Waals surface area contributed by atoms with Crippen LogP contribution in [-0.2, 0) is 6.18 Å². The molecule has 24 heavy (non-hydrogen) atoms. The predicted molar refractivity (Wildman–Crippen MR) is 77.9 cm³/mol. The highest BCUT2D eigenvalue weighted by Crippen LogP contribution is 2.34. The third-order valence-electron chi connectivity index (χ3n) is 2.74. The average molecular weight is 369 g/mol. The van der Waals surface area contributed by atoms with Crippen LogP contribution in [0.1, 0.15) is 5.56 Å². The molecule has 2 N–H and O–H groups in total. The normalized spacial score (nSPS) is 11.5. The predicted octanol–water partition coefficient (Wildman–Crippen LogP) is 4.54. The summed E-state index contributed by atoms with van der Waals surface area (Å²) in [5, 5.41) is 4.98.